The lowest BCUT2D eigenvalue weighted by Crippen LogP contribution is -2.47. The number of likely N-dealkylation sites (N-methyl/N-ethyl adjacent to an activating group) is 1. The lowest BCUT2D eigenvalue weighted by Gasteiger charge is -2.32. The zero-order valence-electron chi connectivity index (χ0n) is 16.8. The quantitative estimate of drug-likeness (QED) is 0.685. The van der Waals surface area contributed by atoms with Crippen LogP contribution in [0.25, 0.3) is 5.52 Å². The van der Waals surface area contributed by atoms with Crippen molar-refractivity contribution in [1.82, 2.24) is 19.2 Å². The van der Waals surface area contributed by atoms with E-state index in [4.69, 9.17) is 0 Å². The molecule has 4 rings (SSSR count). The Morgan fingerprint density at radius 3 is 2.38 bits per heavy atom. The average Bonchev–Trinajstić information content (AvgIpc) is 3.15. The fraction of sp³-hybridized carbons (Fsp3) is 0.318. The zero-order chi connectivity index (χ0) is 20.4. The lowest BCUT2D eigenvalue weighted by molar-refractivity contribution is 0.0661. The molecule has 0 radical (unpaired) electrons. The molecule has 3 heterocycles. The van der Waals surface area contributed by atoms with Gasteiger partial charge in [-0.05, 0) is 38.2 Å². The molecule has 1 aliphatic rings. The Bertz CT molecular complexity index is 1020. The first-order chi connectivity index (χ1) is 14.1. The molecule has 1 fully saturated rings. The molecule has 29 heavy (non-hydrogen) atoms. The van der Waals surface area contributed by atoms with Crippen LogP contribution in [0.4, 0.5) is 5.69 Å². The number of aromatic nitrogens is 2. The number of imidazole rings is 1. The van der Waals surface area contributed by atoms with Crippen LogP contribution in [0.5, 0.6) is 0 Å². The van der Waals surface area contributed by atoms with Gasteiger partial charge in [0, 0.05) is 44.6 Å². The molecule has 2 amide bonds. The second-order valence-corrected chi connectivity index (χ2v) is 7.22. The number of nitrogens with zero attached hydrogens (tertiary/aromatic N) is 5. The molecular weight excluding hydrogens is 366 g/mol. The lowest BCUT2D eigenvalue weighted by atomic mass is 10.2. The zero-order valence-corrected chi connectivity index (χ0v) is 16.8. The molecule has 3 aromatic rings. The molecule has 7 heteroatoms. The van der Waals surface area contributed by atoms with Gasteiger partial charge in [-0.25, -0.2) is 4.98 Å². The molecule has 1 aromatic carbocycles. The molecule has 0 atom stereocenters. The predicted octanol–water partition coefficient (Wildman–Crippen LogP) is 2.39. The normalized spacial score (nSPS) is 14.9. The SMILES string of the molecule is CCN(C(=O)c1nc(C(=O)N2CCN(C)CC2)c2ccccn12)c1ccccc1. The highest BCUT2D eigenvalue weighted by Gasteiger charge is 2.28. The summed E-state index contributed by atoms with van der Waals surface area (Å²) < 4.78 is 1.72. The van der Waals surface area contributed by atoms with E-state index >= 15 is 0 Å². The van der Waals surface area contributed by atoms with Crippen LogP contribution < -0.4 is 4.90 Å². The van der Waals surface area contributed by atoms with Crippen molar-refractivity contribution in [2.45, 2.75) is 6.92 Å². The Kier molecular flexibility index (Phi) is 5.31. The number of carbonyl (C=O) groups excluding carboxylic acids is 2. The maximum absolute atomic E-state index is 13.4. The molecule has 0 bridgehead atoms. The number of anilines is 1. The Balaban J connectivity index is 1.72. The van der Waals surface area contributed by atoms with Crippen molar-refractivity contribution in [3.8, 4) is 0 Å². The molecule has 0 saturated carbocycles. The summed E-state index contributed by atoms with van der Waals surface area (Å²) in [5, 5.41) is 0. The third-order valence-electron chi connectivity index (χ3n) is 5.36. The highest BCUT2D eigenvalue weighted by Crippen LogP contribution is 2.20. The van der Waals surface area contributed by atoms with E-state index in [1.54, 1.807) is 15.5 Å². The van der Waals surface area contributed by atoms with Gasteiger partial charge in [0.05, 0.1) is 5.52 Å². The summed E-state index contributed by atoms with van der Waals surface area (Å²) in [6.07, 6.45) is 1.79. The number of carbonyl (C=O) groups is 2. The first kappa shape index (κ1) is 19.1. The van der Waals surface area contributed by atoms with Crippen LogP contribution in [0.15, 0.2) is 54.7 Å². The summed E-state index contributed by atoms with van der Waals surface area (Å²) in [6.45, 7) is 5.43. The van der Waals surface area contributed by atoms with Crippen molar-refractivity contribution < 1.29 is 9.59 Å². The van der Waals surface area contributed by atoms with E-state index in [9.17, 15) is 9.59 Å². The van der Waals surface area contributed by atoms with E-state index in [-0.39, 0.29) is 17.6 Å². The van der Waals surface area contributed by atoms with Gasteiger partial charge in [0.2, 0.25) is 5.82 Å². The Labute approximate surface area is 170 Å². The average molecular weight is 391 g/mol. The van der Waals surface area contributed by atoms with Crippen LogP contribution in [0.3, 0.4) is 0 Å². The van der Waals surface area contributed by atoms with Gasteiger partial charge >= 0.3 is 0 Å². The van der Waals surface area contributed by atoms with Crippen molar-refractivity contribution in [3.63, 3.8) is 0 Å². The van der Waals surface area contributed by atoms with Crippen LogP contribution in [0, 0.1) is 0 Å². The molecule has 0 spiro atoms. The molecular formula is C22H25N5O2. The van der Waals surface area contributed by atoms with E-state index < -0.39 is 0 Å². The number of hydrogen-bond donors (Lipinski definition) is 0. The molecule has 1 aliphatic heterocycles. The van der Waals surface area contributed by atoms with Gasteiger partial charge in [0.25, 0.3) is 11.8 Å². The highest BCUT2D eigenvalue weighted by atomic mass is 16.2. The Morgan fingerprint density at radius 1 is 1.00 bits per heavy atom. The monoisotopic (exact) mass is 391 g/mol. The first-order valence-corrected chi connectivity index (χ1v) is 9.92. The minimum absolute atomic E-state index is 0.122. The predicted molar refractivity (Wildman–Crippen MR) is 112 cm³/mol. The summed E-state index contributed by atoms with van der Waals surface area (Å²) in [4.78, 5) is 36.8. The summed E-state index contributed by atoms with van der Waals surface area (Å²) in [5.74, 6) is -0.0929. The summed E-state index contributed by atoms with van der Waals surface area (Å²) >= 11 is 0. The van der Waals surface area contributed by atoms with Crippen molar-refractivity contribution >= 4 is 23.0 Å². The molecule has 0 aliphatic carbocycles. The molecule has 7 nitrogen and oxygen atoms in total. The fourth-order valence-electron chi connectivity index (χ4n) is 3.68. The van der Waals surface area contributed by atoms with Gasteiger partial charge in [0.1, 0.15) is 0 Å². The second kappa shape index (κ2) is 8.05. The van der Waals surface area contributed by atoms with Crippen LogP contribution >= 0.6 is 0 Å². The Morgan fingerprint density at radius 2 is 1.69 bits per heavy atom. The molecule has 150 valence electrons. The summed E-state index contributed by atoms with van der Waals surface area (Å²) in [7, 11) is 2.05. The van der Waals surface area contributed by atoms with Gasteiger partial charge in [-0.2, -0.15) is 0 Å². The highest BCUT2D eigenvalue weighted by molar-refractivity contribution is 6.07. The number of amides is 2. The van der Waals surface area contributed by atoms with E-state index in [0.717, 1.165) is 18.8 Å². The van der Waals surface area contributed by atoms with Crippen molar-refractivity contribution in [2.24, 2.45) is 0 Å². The third kappa shape index (κ3) is 3.61. The van der Waals surface area contributed by atoms with Gasteiger partial charge in [0.15, 0.2) is 5.69 Å². The summed E-state index contributed by atoms with van der Waals surface area (Å²) in [6, 6.07) is 15.1. The number of fused-ring (bicyclic) bond motifs is 1. The standard InChI is InChI=1S/C22H25N5O2/c1-3-26(17-9-5-4-6-10-17)22(29)20-23-19(18-11-7-8-12-27(18)20)21(28)25-15-13-24(2)14-16-25/h4-12H,3,13-16H2,1-2H3. The van der Waals surface area contributed by atoms with Crippen LogP contribution in [0.2, 0.25) is 0 Å². The third-order valence-corrected chi connectivity index (χ3v) is 5.36. The second-order valence-electron chi connectivity index (χ2n) is 7.22. The van der Waals surface area contributed by atoms with E-state index in [1.165, 1.54) is 0 Å². The molecule has 1 saturated heterocycles. The van der Waals surface area contributed by atoms with E-state index in [2.05, 4.69) is 9.88 Å². The van der Waals surface area contributed by atoms with E-state index in [1.807, 2.05) is 67.4 Å². The number of hydrogen-bond acceptors (Lipinski definition) is 4. The molecule has 0 unspecified atom stereocenters. The van der Waals surface area contributed by atoms with E-state index in [0.29, 0.717) is 30.8 Å². The summed E-state index contributed by atoms with van der Waals surface area (Å²) in [5.41, 5.74) is 1.80. The van der Waals surface area contributed by atoms with Crippen molar-refractivity contribution in [1.29, 1.82) is 0 Å². The topological polar surface area (TPSA) is 61.2 Å². The van der Waals surface area contributed by atoms with Crippen molar-refractivity contribution in [3.05, 3.63) is 66.2 Å². The van der Waals surface area contributed by atoms with Crippen molar-refractivity contribution in [2.75, 3.05) is 44.7 Å². The van der Waals surface area contributed by atoms with Gasteiger partial charge < -0.3 is 14.7 Å². The number of piperazine rings is 1. The minimum atomic E-state index is -0.225. The van der Waals surface area contributed by atoms with Gasteiger partial charge in [-0.15, -0.1) is 0 Å². The van der Waals surface area contributed by atoms with Crippen LogP contribution in [-0.2, 0) is 0 Å². The van der Waals surface area contributed by atoms with Crippen LogP contribution in [-0.4, -0.2) is 70.8 Å². The maximum Gasteiger partial charge on any atom is 0.294 e. The first-order valence-electron chi connectivity index (χ1n) is 9.92. The number of rotatable bonds is 4. The largest absolute Gasteiger partial charge is 0.335 e. The number of benzene rings is 1. The smallest absolute Gasteiger partial charge is 0.294 e. The van der Waals surface area contributed by atoms with Crippen LogP contribution in [0.1, 0.15) is 28.0 Å². The fourth-order valence-corrected chi connectivity index (χ4v) is 3.68. The Hall–Kier alpha value is -3.19. The number of para-hydroxylation sites is 1. The number of pyridine rings is 1. The molecule has 0 N–H and O–H groups in total. The van der Waals surface area contributed by atoms with Gasteiger partial charge in [-0.3, -0.25) is 14.0 Å². The maximum atomic E-state index is 13.4. The van der Waals surface area contributed by atoms with Gasteiger partial charge in [-0.1, -0.05) is 24.3 Å². The minimum Gasteiger partial charge on any atom is -0.335 e. The molecule has 2 aromatic heterocycles.